The molecule has 2 aliphatic heterocycles. The van der Waals surface area contributed by atoms with Crippen molar-refractivity contribution in [2.24, 2.45) is 0 Å². The summed E-state index contributed by atoms with van der Waals surface area (Å²) >= 11 is 7.46. The molecule has 43 heavy (non-hydrogen) atoms. The zero-order valence-electron chi connectivity index (χ0n) is 23.7. The summed E-state index contributed by atoms with van der Waals surface area (Å²) in [6.45, 7) is 6.74. The topological polar surface area (TPSA) is 143 Å². The lowest BCUT2D eigenvalue weighted by atomic mass is 10.0. The minimum Gasteiger partial charge on any atom is -0.450 e. The van der Waals surface area contributed by atoms with Crippen molar-refractivity contribution in [3.05, 3.63) is 57.7 Å². The van der Waals surface area contributed by atoms with Crippen LogP contribution in [0, 0.1) is 0 Å². The lowest BCUT2D eigenvalue weighted by Gasteiger charge is -2.38. The maximum atomic E-state index is 13.6. The fourth-order valence-electron chi connectivity index (χ4n) is 5.52. The lowest BCUT2D eigenvalue weighted by Crippen LogP contribution is -2.53. The standard InChI is InChI=1S/C29H31ClN6O6S/c1-16(2)34-10-7-18(8-11-34)31-27(37)26-20-13-17(28(38)35-12-9-25(35)41-29(39)40)3-4-21(20)36(32-26)15-19-14-22(42-33-19)23-5-6-24(30)43-23/h3-6,13-14,16,18,25H,7-12,15H2,1-2H3,(H,31,37)(H,39,40)/t25-/m0/s1. The quantitative estimate of drug-likeness (QED) is 0.260. The number of nitrogens with zero attached hydrogens (tertiary/aromatic N) is 5. The number of carboxylic acid groups (broad SMARTS) is 1. The Balaban J connectivity index is 1.29. The summed E-state index contributed by atoms with van der Waals surface area (Å²) in [5, 5.41) is 21.5. The van der Waals surface area contributed by atoms with Crippen LogP contribution in [0.2, 0.25) is 4.34 Å². The molecule has 6 rings (SSSR count). The van der Waals surface area contributed by atoms with Crippen molar-refractivity contribution in [1.82, 2.24) is 30.1 Å². The molecule has 2 aliphatic rings. The first-order valence-electron chi connectivity index (χ1n) is 14.1. The molecule has 12 nitrogen and oxygen atoms in total. The maximum Gasteiger partial charge on any atom is 0.507 e. The second-order valence-corrected chi connectivity index (χ2v) is 12.7. The number of rotatable bonds is 8. The average molecular weight is 627 g/mol. The number of nitrogens with one attached hydrogen (secondary N) is 1. The van der Waals surface area contributed by atoms with E-state index in [9.17, 15) is 14.4 Å². The Bertz CT molecular complexity index is 1670. The van der Waals surface area contributed by atoms with Crippen molar-refractivity contribution in [3.8, 4) is 10.6 Å². The number of hydrogen-bond donors (Lipinski definition) is 2. The van der Waals surface area contributed by atoms with E-state index in [-0.39, 0.29) is 30.1 Å². The number of ether oxygens (including phenoxy) is 1. The first-order chi connectivity index (χ1) is 20.7. The van der Waals surface area contributed by atoms with Gasteiger partial charge in [-0.2, -0.15) is 5.10 Å². The van der Waals surface area contributed by atoms with Gasteiger partial charge in [0.15, 0.2) is 17.7 Å². The Morgan fingerprint density at radius 2 is 1.93 bits per heavy atom. The third-order valence-electron chi connectivity index (χ3n) is 7.96. The van der Waals surface area contributed by atoms with Crippen molar-refractivity contribution < 1.29 is 28.8 Å². The Morgan fingerprint density at radius 3 is 2.58 bits per heavy atom. The van der Waals surface area contributed by atoms with Gasteiger partial charge in [-0.1, -0.05) is 16.8 Å². The highest BCUT2D eigenvalue weighted by Crippen LogP contribution is 2.32. The summed E-state index contributed by atoms with van der Waals surface area (Å²) < 4.78 is 12.7. The van der Waals surface area contributed by atoms with Gasteiger partial charge in [-0.15, -0.1) is 11.3 Å². The lowest BCUT2D eigenvalue weighted by molar-refractivity contribution is -0.0750. The summed E-state index contributed by atoms with van der Waals surface area (Å²) in [6, 6.07) is 10.9. The van der Waals surface area contributed by atoms with E-state index >= 15 is 0 Å². The molecule has 2 N–H and O–H groups in total. The maximum absolute atomic E-state index is 13.6. The highest BCUT2D eigenvalue weighted by Gasteiger charge is 2.36. The Hall–Kier alpha value is -3.94. The molecule has 0 aliphatic carbocycles. The molecule has 0 bridgehead atoms. The number of halogens is 1. The molecule has 0 unspecified atom stereocenters. The van der Waals surface area contributed by atoms with Crippen LogP contribution in [-0.2, 0) is 11.3 Å². The molecule has 5 heterocycles. The molecule has 4 aromatic rings. The number of piperidine rings is 1. The normalized spacial score (nSPS) is 17.8. The summed E-state index contributed by atoms with van der Waals surface area (Å²) in [7, 11) is 0. The van der Waals surface area contributed by atoms with Gasteiger partial charge in [-0.3, -0.25) is 14.3 Å². The molecule has 14 heteroatoms. The molecule has 0 saturated carbocycles. The second kappa shape index (κ2) is 12.0. The van der Waals surface area contributed by atoms with Gasteiger partial charge in [0, 0.05) is 55.2 Å². The van der Waals surface area contributed by atoms with Crippen molar-refractivity contribution >= 4 is 51.8 Å². The Morgan fingerprint density at radius 1 is 1.14 bits per heavy atom. The second-order valence-electron chi connectivity index (χ2n) is 11.0. The van der Waals surface area contributed by atoms with Crippen LogP contribution in [0.3, 0.4) is 0 Å². The first kappa shape index (κ1) is 29.1. The van der Waals surface area contributed by atoms with E-state index in [4.69, 9.17) is 26.0 Å². The van der Waals surface area contributed by atoms with E-state index in [1.165, 1.54) is 16.2 Å². The van der Waals surface area contributed by atoms with Crippen molar-refractivity contribution in [2.75, 3.05) is 19.6 Å². The van der Waals surface area contributed by atoms with E-state index in [1.807, 2.05) is 12.1 Å². The summed E-state index contributed by atoms with van der Waals surface area (Å²) in [5.74, 6) is -0.119. The first-order valence-corrected chi connectivity index (χ1v) is 15.3. The van der Waals surface area contributed by atoms with Gasteiger partial charge in [0.05, 0.1) is 21.3 Å². The van der Waals surface area contributed by atoms with Crippen LogP contribution in [0.15, 0.2) is 40.9 Å². The zero-order valence-corrected chi connectivity index (χ0v) is 25.2. The molecule has 2 amide bonds. The van der Waals surface area contributed by atoms with Crippen molar-refractivity contribution in [1.29, 1.82) is 0 Å². The average Bonchev–Trinajstić information content (AvgIpc) is 3.70. The largest absolute Gasteiger partial charge is 0.507 e. The fraction of sp³-hybridized carbons (Fsp3) is 0.414. The molecule has 1 atom stereocenters. The summed E-state index contributed by atoms with van der Waals surface area (Å²) in [5.41, 5.74) is 1.75. The highest BCUT2D eigenvalue weighted by molar-refractivity contribution is 7.19. The monoisotopic (exact) mass is 626 g/mol. The van der Waals surface area contributed by atoms with Crippen LogP contribution >= 0.6 is 22.9 Å². The van der Waals surface area contributed by atoms with Gasteiger partial charge in [0.25, 0.3) is 11.8 Å². The molecule has 1 aromatic carbocycles. The molecule has 2 fully saturated rings. The number of benzene rings is 1. The number of carbonyl (C=O) groups excluding carboxylic acids is 2. The fourth-order valence-corrected chi connectivity index (χ4v) is 6.51. The molecule has 0 spiro atoms. The van der Waals surface area contributed by atoms with E-state index in [0.717, 1.165) is 30.8 Å². The molecule has 3 aromatic heterocycles. The Labute approximate surface area is 256 Å². The minimum atomic E-state index is -1.43. The van der Waals surface area contributed by atoms with E-state index in [2.05, 4.69) is 34.3 Å². The van der Waals surface area contributed by atoms with Crippen LogP contribution in [0.5, 0.6) is 0 Å². The third-order valence-corrected chi connectivity index (χ3v) is 9.20. The molecule has 226 valence electrons. The molecular weight excluding hydrogens is 596 g/mol. The number of likely N-dealkylation sites (tertiary alicyclic amines) is 2. The van der Waals surface area contributed by atoms with E-state index in [1.54, 1.807) is 28.9 Å². The van der Waals surface area contributed by atoms with Crippen molar-refractivity contribution in [3.63, 3.8) is 0 Å². The van der Waals surface area contributed by atoms with Crippen LogP contribution in [-0.4, -0.2) is 85.8 Å². The van der Waals surface area contributed by atoms with Gasteiger partial charge in [0.1, 0.15) is 5.69 Å². The van der Waals surface area contributed by atoms with Crippen LogP contribution < -0.4 is 5.32 Å². The molecular formula is C29H31ClN6O6S. The zero-order chi connectivity index (χ0) is 30.2. The van der Waals surface area contributed by atoms with Gasteiger partial charge < -0.3 is 29.5 Å². The van der Waals surface area contributed by atoms with Crippen LogP contribution in [0.4, 0.5) is 4.79 Å². The third kappa shape index (κ3) is 6.10. The van der Waals surface area contributed by atoms with Gasteiger partial charge >= 0.3 is 6.16 Å². The minimum absolute atomic E-state index is 0.0123. The number of carbonyl (C=O) groups is 3. The van der Waals surface area contributed by atoms with E-state index in [0.29, 0.717) is 51.3 Å². The summed E-state index contributed by atoms with van der Waals surface area (Å²) in [6.07, 6.45) is -0.168. The van der Waals surface area contributed by atoms with Gasteiger partial charge in [0.2, 0.25) is 0 Å². The molecule has 0 radical (unpaired) electrons. The summed E-state index contributed by atoms with van der Waals surface area (Å²) in [4.78, 5) is 42.5. The Kier molecular flexibility index (Phi) is 8.12. The van der Waals surface area contributed by atoms with Gasteiger partial charge in [-0.05, 0) is 57.0 Å². The SMILES string of the molecule is CC(C)N1CCC(NC(=O)c2nn(Cc3cc(-c4ccc(Cl)s4)on3)c3ccc(C(=O)N4CC[C@@H]4OC(=O)O)cc23)CC1. The number of fused-ring (bicyclic) bond motifs is 1. The van der Waals surface area contributed by atoms with Gasteiger partial charge in [-0.25, -0.2) is 4.79 Å². The number of hydrogen-bond acceptors (Lipinski definition) is 9. The van der Waals surface area contributed by atoms with Crippen molar-refractivity contribution in [2.45, 2.75) is 58.0 Å². The van der Waals surface area contributed by atoms with Crippen LogP contribution in [0.25, 0.3) is 21.5 Å². The molecule has 2 saturated heterocycles. The number of thiophene rings is 1. The van der Waals surface area contributed by atoms with Crippen LogP contribution in [0.1, 0.15) is 59.7 Å². The smallest absolute Gasteiger partial charge is 0.450 e. The number of aromatic nitrogens is 3. The van der Waals surface area contributed by atoms with E-state index < -0.39 is 12.4 Å². The predicted molar refractivity (Wildman–Crippen MR) is 159 cm³/mol. The number of amides is 2. The predicted octanol–water partition coefficient (Wildman–Crippen LogP) is 4.92. The highest BCUT2D eigenvalue weighted by atomic mass is 35.5.